The topological polar surface area (TPSA) is 106 Å². The first-order valence-electron chi connectivity index (χ1n) is 13.1. The van der Waals surface area contributed by atoms with Crippen LogP contribution in [0.25, 0.3) is 10.1 Å². The molecule has 8 nitrogen and oxygen atoms in total. The van der Waals surface area contributed by atoms with E-state index in [1.54, 1.807) is 84.9 Å². The summed E-state index contributed by atoms with van der Waals surface area (Å²) in [5.41, 5.74) is 4.30. The molecule has 0 radical (unpaired) electrons. The zero-order valence-corrected chi connectivity index (χ0v) is 26.8. The van der Waals surface area contributed by atoms with Gasteiger partial charge in [0.1, 0.15) is 4.88 Å². The molecular formula is C32H22BrCl2N3O5S. The molecule has 4 aromatic carbocycles. The van der Waals surface area contributed by atoms with E-state index in [0.29, 0.717) is 49.7 Å². The van der Waals surface area contributed by atoms with Crippen molar-refractivity contribution < 1.29 is 23.9 Å². The molecule has 0 aliphatic carbocycles. The molecule has 0 atom stereocenters. The van der Waals surface area contributed by atoms with Crippen molar-refractivity contribution >= 4 is 90.2 Å². The van der Waals surface area contributed by atoms with Crippen molar-refractivity contribution in [2.45, 2.75) is 6.92 Å². The maximum absolute atomic E-state index is 12.8. The van der Waals surface area contributed by atoms with Crippen molar-refractivity contribution in [2.75, 3.05) is 11.9 Å². The maximum atomic E-state index is 12.8. The van der Waals surface area contributed by atoms with Gasteiger partial charge in [0.2, 0.25) is 0 Å². The normalized spacial score (nSPS) is 11.0. The van der Waals surface area contributed by atoms with Crippen LogP contribution < -0.4 is 20.2 Å². The van der Waals surface area contributed by atoms with Gasteiger partial charge in [-0.1, -0.05) is 45.2 Å². The van der Waals surface area contributed by atoms with Gasteiger partial charge in [0, 0.05) is 30.8 Å². The van der Waals surface area contributed by atoms with E-state index in [-0.39, 0.29) is 11.7 Å². The Hall–Kier alpha value is -4.22. The fourth-order valence-corrected chi connectivity index (χ4v) is 5.96. The summed E-state index contributed by atoms with van der Waals surface area (Å²) >= 11 is 17.1. The lowest BCUT2D eigenvalue weighted by atomic mass is 10.2. The van der Waals surface area contributed by atoms with Crippen LogP contribution in [0.15, 0.2) is 94.5 Å². The molecule has 222 valence electrons. The average Bonchev–Trinajstić information content (AvgIpc) is 3.34. The Morgan fingerprint density at radius 1 is 0.886 bits per heavy atom. The van der Waals surface area contributed by atoms with Crippen LogP contribution in [0.4, 0.5) is 5.69 Å². The molecule has 2 N–H and O–H groups in total. The van der Waals surface area contributed by atoms with Gasteiger partial charge in [-0.05, 0) is 91.3 Å². The summed E-state index contributed by atoms with van der Waals surface area (Å²) in [4.78, 5) is 38.4. The Bertz CT molecular complexity index is 1890. The van der Waals surface area contributed by atoms with E-state index < -0.39 is 11.9 Å². The number of carbonyl (C=O) groups excluding carboxylic acids is 3. The first kappa shape index (κ1) is 31.2. The molecule has 0 bridgehead atoms. The molecule has 0 saturated carbocycles. The molecule has 0 aliphatic heterocycles. The van der Waals surface area contributed by atoms with Crippen molar-refractivity contribution in [3.63, 3.8) is 0 Å². The first-order chi connectivity index (χ1) is 21.2. The first-order valence-corrected chi connectivity index (χ1v) is 15.5. The van der Waals surface area contributed by atoms with Gasteiger partial charge in [-0.15, -0.1) is 11.3 Å². The lowest BCUT2D eigenvalue weighted by Gasteiger charge is -2.11. The summed E-state index contributed by atoms with van der Waals surface area (Å²) in [7, 11) is 0. The van der Waals surface area contributed by atoms with Crippen LogP contribution in [0.3, 0.4) is 0 Å². The Kier molecular flexibility index (Phi) is 9.96. The number of thiophene rings is 1. The fraction of sp³-hybridized carbons (Fsp3) is 0.0625. The third kappa shape index (κ3) is 7.46. The van der Waals surface area contributed by atoms with E-state index in [1.165, 1.54) is 17.6 Å². The third-order valence-corrected chi connectivity index (χ3v) is 8.55. The van der Waals surface area contributed by atoms with E-state index in [9.17, 15) is 14.4 Å². The number of rotatable bonds is 9. The number of nitrogens with zero attached hydrogens (tertiary/aromatic N) is 1. The number of benzene rings is 4. The Balaban J connectivity index is 1.19. The van der Waals surface area contributed by atoms with Gasteiger partial charge in [0.25, 0.3) is 11.8 Å². The Morgan fingerprint density at radius 2 is 1.61 bits per heavy atom. The Labute approximate surface area is 274 Å². The van der Waals surface area contributed by atoms with Crippen molar-refractivity contribution in [1.29, 1.82) is 0 Å². The lowest BCUT2D eigenvalue weighted by molar-refractivity contribution is 0.0728. The van der Waals surface area contributed by atoms with Crippen molar-refractivity contribution in [2.24, 2.45) is 5.10 Å². The van der Waals surface area contributed by atoms with Crippen LogP contribution in [-0.4, -0.2) is 30.6 Å². The second kappa shape index (κ2) is 14.0. The second-order valence-corrected chi connectivity index (χ2v) is 11.9. The molecule has 0 unspecified atom stereocenters. The summed E-state index contributed by atoms with van der Waals surface area (Å²) < 4.78 is 12.8. The highest BCUT2D eigenvalue weighted by Gasteiger charge is 2.18. The summed E-state index contributed by atoms with van der Waals surface area (Å²) in [6, 6.07) is 23.3. The smallest absolute Gasteiger partial charge is 0.343 e. The minimum absolute atomic E-state index is 0.257. The van der Waals surface area contributed by atoms with Crippen LogP contribution in [0.5, 0.6) is 11.5 Å². The third-order valence-electron chi connectivity index (χ3n) is 6.13. The summed E-state index contributed by atoms with van der Waals surface area (Å²) in [6.45, 7) is 2.16. The molecule has 0 spiro atoms. The highest BCUT2D eigenvalue weighted by molar-refractivity contribution is 9.10. The van der Waals surface area contributed by atoms with Crippen LogP contribution in [-0.2, 0) is 0 Å². The van der Waals surface area contributed by atoms with Crippen molar-refractivity contribution in [3.05, 3.63) is 121 Å². The van der Waals surface area contributed by atoms with Crippen LogP contribution in [0, 0.1) is 0 Å². The lowest BCUT2D eigenvalue weighted by Crippen LogP contribution is -2.17. The van der Waals surface area contributed by atoms with Crippen LogP contribution in [0.2, 0.25) is 10.0 Å². The van der Waals surface area contributed by atoms with Gasteiger partial charge < -0.3 is 14.8 Å². The van der Waals surface area contributed by atoms with Crippen molar-refractivity contribution in [3.8, 4) is 11.5 Å². The molecule has 2 amide bonds. The molecule has 0 fully saturated rings. The van der Waals surface area contributed by atoms with Gasteiger partial charge in [0.15, 0.2) is 11.5 Å². The molecule has 12 heteroatoms. The highest BCUT2D eigenvalue weighted by atomic mass is 79.9. The van der Waals surface area contributed by atoms with E-state index in [0.717, 1.165) is 14.6 Å². The fourth-order valence-electron chi connectivity index (χ4n) is 4.01. The molecule has 0 aliphatic rings. The quantitative estimate of drug-likeness (QED) is 0.0690. The summed E-state index contributed by atoms with van der Waals surface area (Å²) in [6.07, 6.45) is 1.44. The standard InChI is InChI=1S/C32H22BrCl2N3O5S/c1-2-42-26-15-18(3-14-25(26)43-32(41)20-4-8-21(33)9-5-20)17-36-38-30(39)19-6-11-23(12-7-19)37-31(40)29-28(35)24-13-10-22(34)16-27(24)44-29/h3-17H,2H2,1H3,(H,37,40)(H,38,39)/b36-17-. The SMILES string of the molecule is CCOc1cc(/C=N\NC(=O)c2ccc(NC(=O)c3sc4cc(Cl)ccc4c3Cl)cc2)ccc1OC(=O)c1ccc(Br)cc1. The van der Waals surface area contributed by atoms with Crippen molar-refractivity contribution in [1.82, 2.24) is 5.43 Å². The van der Waals surface area contributed by atoms with Gasteiger partial charge in [0.05, 0.1) is 23.4 Å². The molecule has 1 heterocycles. The van der Waals surface area contributed by atoms with E-state index >= 15 is 0 Å². The van der Waals surface area contributed by atoms with Crippen LogP contribution in [0.1, 0.15) is 42.9 Å². The minimum atomic E-state index is -0.521. The van der Waals surface area contributed by atoms with E-state index in [2.05, 4.69) is 31.8 Å². The average molecular weight is 711 g/mol. The predicted octanol–water partition coefficient (Wildman–Crippen LogP) is 8.60. The minimum Gasteiger partial charge on any atom is -0.490 e. The number of hydrazone groups is 1. The number of hydrogen-bond donors (Lipinski definition) is 2. The van der Waals surface area contributed by atoms with E-state index in [4.69, 9.17) is 32.7 Å². The number of hydrogen-bond acceptors (Lipinski definition) is 7. The predicted molar refractivity (Wildman–Crippen MR) is 178 cm³/mol. The summed E-state index contributed by atoms with van der Waals surface area (Å²) in [5.74, 6) is -0.728. The molecule has 44 heavy (non-hydrogen) atoms. The van der Waals surface area contributed by atoms with Gasteiger partial charge in [-0.25, -0.2) is 10.2 Å². The van der Waals surface area contributed by atoms with Gasteiger partial charge >= 0.3 is 5.97 Å². The monoisotopic (exact) mass is 709 g/mol. The zero-order chi connectivity index (χ0) is 31.2. The number of anilines is 1. The number of carbonyl (C=O) groups is 3. The molecular weight excluding hydrogens is 689 g/mol. The molecule has 0 saturated heterocycles. The largest absolute Gasteiger partial charge is 0.490 e. The number of halogens is 3. The highest BCUT2D eigenvalue weighted by Crippen LogP contribution is 2.37. The van der Waals surface area contributed by atoms with E-state index in [1.807, 2.05) is 6.92 Å². The molecule has 5 aromatic rings. The maximum Gasteiger partial charge on any atom is 0.343 e. The Morgan fingerprint density at radius 3 is 2.34 bits per heavy atom. The molecule has 1 aromatic heterocycles. The number of ether oxygens (including phenoxy) is 2. The number of esters is 1. The number of nitrogens with one attached hydrogen (secondary N) is 2. The zero-order valence-electron chi connectivity index (χ0n) is 22.9. The number of fused-ring (bicyclic) bond motifs is 1. The second-order valence-electron chi connectivity index (χ2n) is 9.15. The van der Waals surface area contributed by atoms with Crippen LogP contribution >= 0.6 is 50.5 Å². The van der Waals surface area contributed by atoms with Gasteiger partial charge in [-0.2, -0.15) is 5.10 Å². The van der Waals surface area contributed by atoms with Gasteiger partial charge in [-0.3, -0.25) is 9.59 Å². The molecule has 5 rings (SSSR count). The summed E-state index contributed by atoms with van der Waals surface area (Å²) in [5, 5.41) is 8.50. The number of amides is 2.